The number of amides is 1. The van der Waals surface area contributed by atoms with Crippen molar-refractivity contribution >= 4 is 24.1 Å². The zero-order valence-corrected chi connectivity index (χ0v) is 15.9. The fourth-order valence-electron chi connectivity index (χ4n) is 3.60. The lowest BCUT2D eigenvalue weighted by Crippen LogP contribution is -2.25. The summed E-state index contributed by atoms with van der Waals surface area (Å²) in [7, 11) is 0. The third-order valence-electron chi connectivity index (χ3n) is 5.00. The van der Waals surface area contributed by atoms with Gasteiger partial charge in [-0.25, -0.2) is 4.98 Å². The molecule has 1 amide bonds. The molecular weight excluding hydrogens is 378 g/mol. The summed E-state index contributed by atoms with van der Waals surface area (Å²) >= 11 is 0. The molecular formula is C20H20ClN5O2. The van der Waals surface area contributed by atoms with Crippen LogP contribution in [0.2, 0.25) is 0 Å². The fourth-order valence-corrected chi connectivity index (χ4v) is 3.60. The van der Waals surface area contributed by atoms with Crippen LogP contribution in [0.25, 0.3) is 11.3 Å². The Hall–Kier alpha value is -2.90. The highest BCUT2D eigenvalue weighted by molar-refractivity contribution is 6.03. The summed E-state index contributed by atoms with van der Waals surface area (Å²) in [4.78, 5) is 17.3. The average Bonchev–Trinajstić information content (AvgIpc) is 3.34. The largest absolute Gasteiger partial charge is 0.493 e. The number of fused-ring (bicyclic) bond motifs is 2. The molecule has 28 heavy (non-hydrogen) atoms. The summed E-state index contributed by atoms with van der Waals surface area (Å²) in [5.74, 6) is 1.21. The topological polar surface area (TPSA) is 91.9 Å². The molecule has 0 fully saturated rings. The molecule has 3 aromatic rings. The minimum absolute atomic E-state index is 0. The van der Waals surface area contributed by atoms with Gasteiger partial charge in [-0.1, -0.05) is 6.07 Å². The van der Waals surface area contributed by atoms with E-state index in [9.17, 15) is 4.79 Å². The van der Waals surface area contributed by atoms with E-state index in [2.05, 4.69) is 31.9 Å². The van der Waals surface area contributed by atoms with Crippen LogP contribution < -0.4 is 15.4 Å². The number of hydrogen-bond donors (Lipinski definition) is 3. The third kappa shape index (κ3) is 3.34. The van der Waals surface area contributed by atoms with E-state index in [-0.39, 0.29) is 18.3 Å². The van der Waals surface area contributed by atoms with Gasteiger partial charge in [-0.2, -0.15) is 5.10 Å². The van der Waals surface area contributed by atoms with Crippen molar-refractivity contribution in [2.24, 2.45) is 0 Å². The Morgan fingerprint density at radius 1 is 1.18 bits per heavy atom. The molecule has 0 atom stereocenters. The smallest absolute Gasteiger partial charge is 0.277 e. The zero-order chi connectivity index (χ0) is 18.2. The number of nitrogens with zero attached hydrogens (tertiary/aromatic N) is 2. The van der Waals surface area contributed by atoms with Gasteiger partial charge >= 0.3 is 0 Å². The second-order valence-electron chi connectivity index (χ2n) is 6.74. The molecule has 0 radical (unpaired) electrons. The molecule has 4 heterocycles. The number of pyridine rings is 1. The highest BCUT2D eigenvalue weighted by Gasteiger charge is 2.22. The van der Waals surface area contributed by atoms with Crippen LogP contribution in [0.4, 0.5) is 5.82 Å². The van der Waals surface area contributed by atoms with Crippen molar-refractivity contribution in [3.05, 3.63) is 58.9 Å². The summed E-state index contributed by atoms with van der Waals surface area (Å²) in [5, 5.41) is 13.3. The van der Waals surface area contributed by atoms with Crippen molar-refractivity contribution in [2.75, 3.05) is 18.5 Å². The van der Waals surface area contributed by atoms with Gasteiger partial charge in [0.05, 0.1) is 12.3 Å². The molecule has 2 aromatic heterocycles. The molecule has 0 aliphatic carbocycles. The second-order valence-corrected chi connectivity index (χ2v) is 6.74. The van der Waals surface area contributed by atoms with Gasteiger partial charge in [-0.15, -0.1) is 12.4 Å². The van der Waals surface area contributed by atoms with Crippen molar-refractivity contribution in [2.45, 2.75) is 19.4 Å². The van der Waals surface area contributed by atoms with E-state index in [4.69, 9.17) is 4.74 Å². The third-order valence-corrected chi connectivity index (χ3v) is 5.00. The average molecular weight is 398 g/mol. The van der Waals surface area contributed by atoms with E-state index in [0.717, 1.165) is 54.3 Å². The van der Waals surface area contributed by atoms with E-state index < -0.39 is 0 Å². The van der Waals surface area contributed by atoms with E-state index in [1.807, 2.05) is 24.3 Å². The van der Waals surface area contributed by atoms with Crippen molar-refractivity contribution < 1.29 is 9.53 Å². The lowest BCUT2D eigenvalue weighted by Gasteiger charge is -2.13. The molecule has 0 saturated heterocycles. The maximum Gasteiger partial charge on any atom is 0.277 e. The van der Waals surface area contributed by atoms with Crippen LogP contribution in [0.1, 0.15) is 27.3 Å². The Kier molecular flexibility index (Phi) is 5.02. The fraction of sp³-hybridized carbons (Fsp3) is 0.250. The van der Waals surface area contributed by atoms with E-state index in [0.29, 0.717) is 18.1 Å². The molecule has 0 spiro atoms. The molecule has 3 N–H and O–H groups in total. The number of anilines is 1. The molecule has 8 heteroatoms. The monoisotopic (exact) mass is 397 g/mol. The summed E-state index contributed by atoms with van der Waals surface area (Å²) in [5.41, 5.74) is 5.41. The Balaban J connectivity index is 0.00000192. The first-order valence-electron chi connectivity index (χ1n) is 9.09. The second kappa shape index (κ2) is 7.61. The lowest BCUT2D eigenvalue weighted by molar-refractivity contribution is 0.102. The number of benzene rings is 1. The summed E-state index contributed by atoms with van der Waals surface area (Å²) in [6.45, 7) is 2.27. The number of H-pyrrole nitrogens is 1. The minimum atomic E-state index is -0.247. The number of carbonyl (C=O) groups excluding carboxylic acids is 1. The zero-order valence-electron chi connectivity index (χ0n) is 15.1. The highest BCUT2D eigenvalue weighted by atomic mass is 35.5. The predicted molar refractivity (Wildman–Crippen MR) is 108 cm³/mol. The van der Waals surface area contributed by atoms with Crippen molar-refractivity contribution in [1.82, 2.24) is 20.5 Å². The van der Waals surface area contributed by atoms with Gasteiger partial charge in [0.2, 0.25) is 0 Å². The van der Waals surface area contributed by atoms with Gasteiger partial charge in [0.15, 0.2) is 5.69 Å². The van der Waals surface area contributed by atoms with Gasteiger partial charge in [-0.3, -0.25) is 9.89 Å². The molecule has 7 nitrogen and oxygen atoms in total. The highest BCUT2D eigenvalue weighted by Crippen LogP contribution is 2.30. The summed E-state index contributed by atoms with van der Waals surface area (Å²) < 4.78 is 5.56. The molecule has 2 aliphatic rings. The number of ether oxygens (including phenoxy) is 1. The van der Waals surface area contributed by atoms with Gasteiger partial charge in [0.25, 0.3) is 5.91 Å². The number of carbonyl (C=O) groups is 1. The minimum Gasteiger partial charge on any atom is -0.493 e. The predicted octanol–water partition coefficient (Wildman–Crippen LogP) is 2.73. The normalized spacial score (nSPS) is 14.4. The maximum absolute atomic E-state index is 12.7. The molecule has 144 valence electrons. The van der Waals surface area contributed by atoms with Crippen LogP contribution in [0, 0.1) is 0 Å². The summed E-state index contributed by atoms with van der Waals surface area (Å²) in [6.07, 6.45) is 1.77. The molecule has 0 saturated carbocycles. The standard InChI is InChI=1S/C20H19N5O2.ClH/c26-20(19-14-11-21-8-6-16(14)24-25-19)23-18-3-1-2-15(22-18)12-4-5-17-13(10-12)7-9-27-17;/h1-5,10,21H,6-9,11H2,(H,24,25)(H,22,23,26);1H. The number of halogens is 1. The maximum atomic E-state index is 12.7. The van der Waals surface area contributed by atoms with E-state index >= 15 is 0 Å². The van der Waals surface area contributed by atoms with Crippen LogP contribution in [-0.4, -0.2) is 34.2 Å². The van der Waals surface area contributed by atoms with Crippen LogP contribution in [0.5, 0.6) is 5.75 Å². The Morgan fingerprint density at radius 3 is 3.04 bits per heavy atom. The SMILES string of the molecule is Cl.O=C(Nc1cccc(-c2ccc3c(c2)CCO3)n1)c1n[nH]c2c1CNCC2. The van der Waals surface area contributed by atoms with Crippen LogP contribution >= 0.6 is 12.4 Å². The first kappa shape index (κ1) is 18.5. The molecule has 0 bridgehead atoms. The Morgan fingerprint density at radius 2 is 2.11 bits per heavy atom. The first-order chi connectivity index (χ1) is 13.3. The van der Waals surface area contributed by atoms with Crippen LogP contribution in [0.3, 0.4) is 0 Å². The molecule has 1 aromatic carbocycles. The van der Waals surface area contributed by atoms with Gasteiger partial charge < -0.3 is 15.4 Å². The first-order valence-corrected chi connectivity index (χ1v) is 9.09. The van der Waals surface area contributed by atoms with Gasteiger partial charge in [-0.05, 0) is 35.9 Å². The lowest BCUT2D eigenvalue weighted by atomic mass is 10.1. The van der Waals surface area contributed by atoms with Crippen molar-refractivity contribution in [1.29, 1.82) is 0 Å². The van der Waals surface area contributed by atoms with E-state index in [1.165, 1.54) is 5.56 Å². The van der Waals surface area contributed by atoms with E-state index in [1.54, 1.807) is 6.07 Å². The quantitative estimate of drug-likeness (QED) is 0.632. The number of hydrogen-bond acceptors (Lipinski definition) is 5. The van der Waals surface area contributed by atoms with Crippen molar-refractivity contribution in [3.63, 3.8) is 0 Å². The number of rotatable bonds is 3. The Labute approximate surface area is 168 Å². The van der Waals surface area contributed by atoms with Gasteiger partial charge in [0.1, 0.15) is 11.6 Å². The van der Waals surface area contributed by atoms with Crippen molar-refractivity contribution in [3.8, 4) is 17.0 Å². The number of aromatic nitrogens is 3. The molecule has 0 unspecified atom stereocenters. The van der Waals surface area contributed by atoms with Crippen LogP contribution in [0.15, 0.2) is 36.4 Å². The Bertz CT molecular complexity index is 1030. The molecule has 5 rings (SSSR count). The number of aromatic amines is 1. The van der Waals surface area contributed by atoms with Crippen LogP contribution in [-0.2, 0) is 19.4 Å². The van der Waals surface area contributed by atoms with Gasteiger partial charge in [0, 0.05) is 42.8 Å². The summed E-state index contributed by atoms with van der Waals surface area (Å²) in [6, 6.07) is 11.7. The molecule has 2 aliphatic heterocycles. The number of nitrogens with one attached hydrogen (secondary N) is 3.